The molecule has 12 heteroatoms. The van der Waals surface area contributed by atoms with Crippen LogP contribution >= 0.6 is 0 Å². The highest BCUT2D eigenvalue weighted by Crippen LogP contribution is 2.44. The zero-order valence-corrected chi connectivity index (χ0v) is 27.4. The molecule has 0 bridgehead atoms. The molecule has 0 aromatic heterocycles. The van der Waals surface area contributed by atoms with Crippen molar-refractivity contribution in [1.29, 1.82) is 0 Å². The molecule has 1 amide bonds. The van der Waals surface area contributed by atoms with Gasteiger partial charge < -0.3 is 14.6 Å². The summed E-state index contributed by atoms with van der Waals surface area (Å²) in [5, 5.41) is 13.0. The molecule has 2 atom stereocenters. The van der Waals surface area contributed by atoms with Gasteiger partial charge in [0.05, 0.1) is 6.61 Å². The monoisotopic (exact) mass is 688 g/mol. The summed E-state index contributed by atoms with van der Waals surface area (Å²) in [6, 6.07) is 35.0. The lowest BCUT2D eigenvalue weighted by molar-refractivity contribution is -0.130. The summed E-state index contributed by atoms with van der Waals surface area (Å²) in [5.74, 6) is -1.76. The summed E-state index contributed by atoms with van der Waals surface area (Å²) in [6.07, 6.45) is -0.499. The number of amides is 1. The Morgan fingerprint density at radius 1 is 0.902 bits per heavy atom. The van der Waals surface area contributed by atoms with E-state index in [4.69, 9.17) is 19.6 Å². The number of rotatable bonds is 14. The Bertz CT molecular complexity index is 2060. The van der Waals surface area contributed by atoms with Crippen LogP contribution in [-0.4, -0.2) is 35.7 Å². The molecule has 10 nitrogen and oxygen atoms in total. The van der Waals surface area contributed by atoms with E-state index >= 15 is 0 Å². The summed E-state index contributed by atoms with van der Waals surface area (Å²) in [4.78, 5) is 22.5. The Kier molecular flexibility index (Phi) is 11.0. The van der Waals surface area contributed by atoms with Crippen molar-refractivity contribution in [2.24, 2.45) is 10.1 Å². The normalized spacial score (nSPS) is 16.5. The van der Waals surface area contributed by atoms with Gasteiger partial charge in [-0.15, -0.1) is 0 Å². The number of nitrogens with zero attached hydrogens (tertiary/aromatic N) is 4. The first-order valence-corrected chi connectivity index (χ1v) is 16.3. The smallest absolute Gasteiger partial charge is 0.266 e. The van der Waals surface area contributed by atoms with Crippen LogP contribution in [0.5, 0.6) is 5.75 Å². The van der Waals surface area contributed by atoms with E-state index < -0.39 is 29.2 Å². The number of hydrogen-bond donors (Lipinski definition) is 3. The second-order valence-corrected chi connectivity index (χ2v) is 11.8. The second-order valence-electron chi connectivity index (χ2n) is 11.8. The molecule has 1 heterocycles. The van der Waals surface area contributed by atoms with Crippen molar-refractivity contribution in [3.05, 3.63) is 166 Å². The number of benzene rings is 5. The zero-order chi connectivity index (χ0) is 35.6. The van der Waals surface area contributed by atoms with E-state index in [0.29, 0.717) is 46.7 Å². The summed E-state index contributed by atoms with van der Waals surface area (Å²) < 4.78 is 39.8. The summed E-state index contributed by atoms with van der Waals surface area (Å²) in [7, 11) is 0. The number of hydrogen-bond acceptors (Lipinski definition) is 7. The van der Waals surface area contributed by atoms with Gasteiger partial charge in [0.2, 0.25) is 5.90 Å². The van der Waals surface area contributed by atoms with E-state index in [2.05, 4.69) is 20.9 Å². The van der Waals surface area contributed by atoms with Crippen LogP contribution in [0.4, 0.5) is 14.5 Å². The molecule has 0 unspecified atom stereocenters. The van der Waals surface area contributed by atoms with Crippen molar-refractivity contribution in [1.82, 2.24) is 10.9 Å². The molecule has 0 spiro atoms. The molecule has 1 aliphatic heterocycles. The van der Waals surface area contributed by atoms with Gasteiger partial charge >= 0.3 is 0 Å². The summed E-state index contributed by atoms with van der Waals surface area (Å²) in [6.45, 7) is 0.346. The van der Waals surface area contributed by atoms with E-state index in [9.17, 15) is 19.1 Å². The van der Waals surface area contributed by atoms with Crippen molar-refractivity contribution < 1.29 is 28.2 Å². The van der Waals surface area contributed by atoms with E-state index in [1.54, 1.807) is 48.5 Å². The van der Waals surface area contributed by atoms with Crippen LogP contribution in [0.1, 0.15) is 34.8 Å². The van der Waals surface area contributed by atoms with Gasteiger partial charge in [-0.25, -0.2) is 19.2 Å². The van der Waals surface area contributed by atoms with Gasteiger partial charge in [-0.2, -0.15) is 0 Å². The van der Waals surface area contributed by atoms with Crippen molar-refractivity contribution in [2.75, 3.05) is 13.2 Å². The highest BCUT2D eigenvalue weighted by Gasteiger charge is 2.53. The number of aliphatic imine (C=N–C) groups is 1. The van der Waals surface area contributed by atoms with E-state index in [1.807, 2.05) is 54.6 Å². The predicted octanol–water partition coefficient (Wildman–Crippen LogP) is 7.66. The highest BCUT2D eigenvalue weighted by atomic mass is 19.2. The Labute approximate surface area is 293 Å². The standard InChI is InChI=1S/C39H34F2N6O4/c40-33-20-11-26(23-34(33)41)25-43-46-38(49)39(24-31-9-4-5-10-35(31)45-47-42)36(29-14-12-28(13-15-29)27-7-2-1-3-8-27)51-37(44-39)30-16-18-32(19-17-30)50-22-6-21-48/h1-5,7-20,23,36,43,48H,6,21-22,24-25H2,(H,46,49)/t36-,39-/m0/s1. The van der Waals surface area contributed by atoms with Crippen LogP contribution in [0.2, 0.25) is 0 Å². The number of carbonyl (C=O) groups excluding carboxylic acids is 1. The number of nitrogens with one attached hydrogen (secondary N) is 2. The number of halogens is 2. The molecular formula is C39H34F2N6O4. The summed E-state index contributed by atoms with van der Waals surface area (Å²) in [5.41, 5.74) is 17.7. The maximum Gasteiger partial charge on any atom is 0.266 e. The van der Waals surface area contributed by atoms with Gasteiger partial charge in [0, 0.05) is 42.2 Å². The molecule has 3 N–H and O–H groups in total. The van der Waals surface area contributed by atoms with E-state index in [1.165, 1.54) is 6.07 Å². The van der Waals surface area contributed by atoms with Crippen molar-refractivity contribution in [2.45, 2.75) is 31.0 Å². The fourth-order valence-electron chi connectivity index (χ4n) is 5.84. The van der Waals surface area contributed by atoms with Crippen LogP contribution in [-0.2, 0) is 22.5 Å². The van der Waals surface area contributed by atoms with Gasteiger partial charge in [0.1, 0.15) is 5.75 Å². The van der Waals surface area contributed by atoms with Gasteiger partial charge in [-0.05, 0) is 69.7 Å². The zero-order valence-electron chi connectivity index (χ0n) is 27.4. The lowest BCUT2D eigenvalue weighted by atomic mass is 9.81. The third kappa shape index (κ3) is 8.05. The third-order valence-corrected chi connectivity index (χ3v) is 8.43. The maximum absolute atomic E-state index is 14.6. The molecule has 1 aliphatic rings. The second kappa shape index (κ2) is 16.1. The van der Waals surface area contributed by atoms with Crippen LogP contribution in [0.15, 0.2) is 131 Å². The Hall–Kier alpha value is -6.07. The molecule has 0 saturated heterocycles. The first-order chi connectivity index (χ1) is 24.9. The van der Waals surface area contributed by atoms with Crippen LogP contribution in [0.3, 0.4) is 0 Å². The molecule has 5 aromatic carbocycles. The molecule has 51 heavy (non-hydrogen) atoms. The van der Waals surface area contributed by atoms with Crippen molar-refractivity contribution in [3.63, 3.8) is 0 Å². The van der Waals surface area contributed by atoms with Crippen LogP contribution in [0.25, 0.3) is 21.6 Å². The average molecular weight is 689 g/mol. The Morgan fingerprint density at radius 3 is 2.33 bits per heavy atom. The molecule has 0 radical (unpaired) electrons. The largest absolute Gasteiger partial charge is 0.494 e. The van der Waals surface area contributed by atoms with Crippen molar-refractivity contribution in [3.8, 4) is 16.9 Å². The average Bonchev–Trinajstić information content (AvgIpc) is 3.55. The number of ether oxygens (including phenoxy) is 2. The molecule has 0 fully saturated rings. The number of hydrazine groups is 1. The number of aliphatic hydroxyl groups is 1. The first-order valence-electron chi connectivity index (χ1n) is 16.3. The minimum atomic E-state index is -1.65. The molecule has 0 aliphatic carbocycles. The Balaban J connectivity index is 1.41. The van der Waals surface area contributed by atoms with Crippen LogP contribution in [0, 0.1) is 11.6 Å². The third-order valence-electron chi connectivity index (χ3n) is 8.43. The van der Waals surface area contributed by atoms with Crippen molar-refractivity contribution >= 4 is 17.5 Å². The van der Waals surface area contributed by atoms with E-state index in [-0.39, 0.29) is 25.5 Å². The minimum Gasteiger partial charge on any atom is -0.494 e. The topological polar surface area (TPSA) is 141 Å². The quantitative estimate of drug-likeness (QED) is 0.0361. The molecule has 0 saturated carbocycles. The van der Waals surface area contributed by atoms with Gasteiger partial charge in [-0.1, -0.05) is 90.0 Å². The predicted molar refractivity (Wildman–Crippen MR) is 189 cm³/mol. The molecule has 5 aromatic rings. The van der Waals surface area contributed by atoms with Crippen LogP contribution < -0.4 is 15.6 Å². The fraction of sp³-hybridized carbons (Fsp3) is 0.179. The number of aliphatic hydroxyl groups excluding tert-OH is 1. The maximum atomic E-state index is 14.6. The lowest BCUT2D eigenvalue weighted by Gasteiger charge is -2.31. The SMILES string of the molecule is [N-]=[N+]=Nc1ccccc1C[C@]1(C(=O)NNCc2ccc(F)c(F)c2)N=C(c2ccc(OCCCO)cc2)O[C@H]1c1ccc(-c2ccccc2)cc1. The summed E-state index contributed by atoms with van der Waals surface area (Å²) >= 11 is 0. The fourth-order valence-corrected chi connectivity index (χ4v) is 5.84. The first kappa shape index (κ1) is 34.8. The van der Waals surface area contributed by atoms with Gasteiger partial charge in [0.25, 0.3) is 5.91 Å². The Morgan fingerprint density at radius 2 is 1.61 bits per heavy atom. The van der Waals surface area contributed by atoms with Gasteiger partial charge in [-0.3, -0.25) is 10.2 Å². The molecule has 258 valence electrons. The van der Waals surface area contributed by atoms with E-state index in [0.717, 1.165) is 23.3 Å². The lowest BCUT2D eigenvalue weighted by Crippen LogP contribution is -2.53. The molecular weight excluding hydrogens is 654 g/mol. The van der Waals surface area contributed by atoms with Gasteiger partial charge in [0.15, 0.2) is 23.3 Å². The molecule has 6 rings (SSSR count). The number of carbonyl (C=O) groups is 1. The number of azide groups is 1. The minimum absolute atomic E-state index is 0.0129. The highest BCUT2D eigenvalue weighted by molar-refractivity contribution is 6.01.